The maximum absolute atomic E-state index is 13.6. The van der Waals surface area contributed by atoms with Crippen molar-refractivity contribution in [1.82, 2.24) is 5.32 Å². The summed E-state index contributed by atoms with van der Waals surface area (Å²) in [6, 6.07) is 15.7. The number of aryl methyl sites for hydroxylation is 1. The first-order valence-corrected chi connectivity index (χ1v) is 7.86. The van der Waals surface area contributed by atoms with Crippen molar-refractivity contribution in [1.29, 1.82) is 0 Å². The molecule has 2 aromatic carbocycles. The number of halogens is 1. The highest BCUT2D eigenvalue weighted by molar-refractivity contribution is 7.99. The van der Waals surface area contributed by atoms with Gasteiger partial charge in [0.05, 0.1) is 0 Å². The van der Waals surface area contributed by atoms with Gasteiger partial charge in [0, 0.05) is 16.7 Å². The molecule has 0 aliphatic carbocycles. The Kier molecular flexibility index (Phi) is 5.62. The Balaban J connectivity index is 2.10. The monoisotopic (exact) mass is 289 g/mol. The summed E-state index contributed by atoms with van der Waals surface area (Å²) in [6.45, 7) is 4.88. The molecule has 0 saturated carbocycles. The van der Waals surface area contributed by atoms with E-state index in [9.17, 15) is 4.39 Å². The van der Waals surface area contributed by atoms with Crippen LogP contribution in [0, 0.1) is 12.7 Å². The number of nitrogens with one attached hydrogen (secondary N) is 1. The standard InChI is InChI=1S/C17H20FNS/c1-3-19-17(12-20-16-7-5-4-6-8-16)14-9-13(2)10-15(18)11-14/h4-11,17,19H,3,12H2,1-2H3. The third kappa shape index (κ3) is 4.36. The maximum atomic E-state index is 13.6. The summed E-state index contributed by atoms with van der Waals surface area (Å²) in [5.41, 5.74) is 1.99. The lowest BCUT2D eigenvalue weighted by atomic mass is 10.1. The second-order valence-electron chi connectivity index (χ2n) is 4.80. The quantitative estimate of drug-likeness (QED) is 0.781. The lowest BCUT2D eigenvalue weighted by molar-refractivity contribution is 0.587. The first-order chi connectivity index (χ1) is 9.69. The van der Waals surface area contributed by atoms with Gasteiger partial charge >= 0.3 is 0 Å². The van der Waals surface area contributed by atoms with E-state index in [1.54, 1.807) is 23.9 Å². The van der Waals surface area contributed by atoms with Gasteiger partial charge in [-0.25, -0.2) is 4.39 Å². The number of thioether (sulfide) groups is 1. The van der Waals surface area contributed by atoms with Crippen LogP contribution in [0.2, 0.25) is 0 Å². The van der Waals surface area contributed by atoms with Crippen LogP contribution in [0.1, 0.15) is 24.1 Å². The lowest BCUT2D eigenvalue weighted by Crippen LogP contribution is -2.23. The third-order valence-electron chi connectivity index (χ3n) is 3.08. The Morgan fingerprint density at radius 2 is 1.90 bits per heavy atom. The van der Waals surface area contributed by atoms with Crippen LogP contribution in [-0.4, -0.2) is 12.3 Å². The Labute approximate surface area is 124 Å². The van der Waals surface area contributed by atoms with Gasteiger partial charge in [-0.2, -0.15) is 0 Å². The van der Waals surface area contributed by atoms with E-state index in [1.165, 1.54) is 4.90 Å². The molecule has 20 heavy (non-hydrogen) atoms. The summed E-state index contributed by atoms with van der Waals surface area (Å²) in [5.74, 6) is 0.730. The van der Waals surface area contributed by atoms with Crippen LogP contribution in [0.15, 0.2) is 53.4 Å². The summed E-state index contributed by atoms with van der Waals surface area (Å²) in [6.07, 6.45) is 0. The van der Waals surface area contributed by atoms with Crippen molar-refractivity contribution in [3.8, 4) is 0 Å². The molecule has 1 unspecified atom stereocenters. The molecule has 0 spiro atoms. The van der Waals surface area contributed by atoms with Gasteiger partial charge in [-0.05, 0) is 48.9 Å². The molecule has 0 saturated heterocycles. The van der Waals surface area contributed by atoms with Gasteiger partial charge in [0.2, 0.25) is 0 Å². The molecule has 0 fully saturated rings. The van der Waals surface area contributed by atoms with Gasteiger partial charge in [0.25, 0.3) is 0 Å². The highest BCUT2D eigenvalue weighted by Crippen LogP contribution is 2.25. The summed E-state index contributed by atoms with van der Waals surface area (Å²) < 4.78 is 13.6. The van der Waals surface area contributed by atoms with Crippen molar-refractivity contribution >= 4 is 11.8 Å². The molecular formula is C17H20FNS. The van der Waals surface area contributed by atoms with Crippen LogP contribution < -0.4 is 5.32 Å². The van der Waals surface area contributed by atoms with E-state index in [0.717, 1.165) is 23.4 Å². The van der Waals surface area contributed by atoms with Crippen molar-refractivity contribution in [3.05, 3.63) is 65.5 Å². The molecule has 0 aromatic heterocycles. The van der Waals surface area contributed by atoms with Gasteiger partial charge in [-0.15, -0.1) is 11.8 Å². The van der Waals surface area contributed by atoms with Gasteiger partial charge < -0.3 is 5.32 Å². The average Bonchev–Trinajstić information content (AvgIpc) is 2.43. The molecular weight excluding hydrogens is 269 g/mol. The predicted molar refractivity (Wildman–Crippen MR) is 84.7 cm³/mol. The highest BCUT2D eigenvalue weighted by Gasteiger charge is 2.12. The fraction of sp³-hybridized carbons (Fsp3) is 0.294. The zero-order valence-electron chi connectivity index (χ0n) is 11.9. The van der Waals surface area contributed by atoms with E-state index in [0.29, 0.717) is 0 Å². The molecule has 2 aromatic rings. The molecule has 1 nitrogen and oxygen atoms in total. The normalized spacial score (nSPS) is 12.3. The summed E-state index contributed by atoms with van der Waals surface area (Å²) in [7, 11) is 0. The molecule has 3 heteroatoms. The zero-order chi connectivity index (χ0) is 14.4. The largest absolute Gasteiger partial charge is 0.309 e. The van der Waals surface area contributed by atoms with Gasteiger partial charge in [-0.3, -0.25) is 0 Å². The van der Waals surface area contributed by atoms with Crippen molar-refractivity contribution in [3.63, 3.8) is 0 Å². The van der Waals surface area contributed by atoms with E-state index in [2.05, 4.69) is 30.4 Å². The van der Waals surface area contributed by atoms with Crippen LogP contribution in [0.25, 0.3) is 0 Å². The Morgan fingerprint density at radius 3 is 2.55 bits per heavy atom. The van der Waals surface area contributed by atoms with Gasteiger partial charge in [0.15, 0.2) is 0 Å². The first-order valence-electron chi connectivity index (χ1n) is 6.87. The molecule has 106 valence electrons. The SMILES string of the molecule is CCNC(CSc1ccccc1)c1cc(C)cc(F)c1. The molecule has 1 N–H and O–H groups in total. The molecule has 2 rings (SSSR count). The fourth-order valence-electron chi connectivity index (χ4n) is 2.18. The van der Waals surface area contributed by atoms with E-state index >= 15 is 0 Å². The molecule has 0 radical (unpaired) electrons. The minimum absolute atomic E-state index is 0.160. The number of rotatable bonds is 6. The lowest BCUT2D eigenvalue weighted by Gasteiger charge is -2.18. The first kappa shape index (κ1) is 15.1. The molecule has 1 atom stereocenters. The second-order valence-corrected chi connectivity index (χ2v) is 5.89. The zero-order valence-corrected chi connectivity index (χ0v) is 12.7. The Hall–Kier alpha value is -1.32. The van der Waals surface area contributed by atoms with Crippen molar-refractivity contribution in [2.45, 2.75) is 24.8 Å². The number of hydrogen-bond donors (Lipinski definition) is 1. The molecule has 0 bridgehead atoms. The number of benzene rings is 2. The van der Waals surface area contributed by atoms with Gasteiger partial charge in [-0.1, -0.05) is 31.2 Å². The molecule has 0 amide bonds. The van der Waals surface area contributed by atoms with Crippen LogP contribution in [0.4, 0.5) is 4.39 Å². The van der Waals surface area contributed by atoms with Crippen molar-refractivity contribution in [2.75, 3.05) is 12.3 Å². The minimum Gasteiger partial charge on any atom is -0.309 e. The Morgan fingerprint density at radius 1 is 1.15 bits per heavy atom. The van der Waals surface area contributed by atoms with Crippen LogP contribution >= 0.6 is 11.8 Å². The Bertz CT molecular complexity index is 522. The van der Waals surface area contributed by atoms with Crippen LogP contribution in [0.3, 0.4) is 0 Å². The molecule has 0 aliphatic heterocycles. The van der Waals surface area contributed by atoms with Crippen molar-refractivity contribution < 1.29 is 4.39 Å². The van der Waals surface area contributed by atoms with Gasteiger partial charge in [0.1, 0.15) is 5.82 Å². The summed E-state index contributed by atoms with van der Waals surface area (Å²) in [4.78, 5) is 1.24. The summed E-state index contributed by atoms with van der Waals surface area (Å²) >= 11 is 1.79. The van der Waals surface area contributed by atoms with E-state index < -0.39 is 0 Å². The summed E-state index contributed by atoms with van der Waals surface area (Å²) in [5, 5.41) is 3.44. The third-order valence-corrected chi connectivity index (χ3v) is 4.18. The minimum atomic E-state index is -0.160. The average molecular weight is 289 g/mol. The topological polar surface area (TPSA) is 12.0 Å². The van der Waals surface area contributed by atoms with Crippen molar-refractivity contribution in [2.24, 2.45) is 0 Å². The van der Waals surface area contributed by atoms with E-state index in [4.69, 9.17) is 0 Å². The number of hydrogen-bond acceptors (Lipinski definition) is 2. The second kappa shape index (κ2) is 7.46. The van der Waals surface area contributed by atoms with Crippen LogP contribution in [-0.2, 0) is 0 Å². The maximum Gasteiger partial charge on any atom is 0.123 e. The van der Waals surface area contributed by atoms with E-state index in [1.807, 2.05) is 25.1 Å². The smallest absolute Gasteiger partial charge is 0.123 e. The molecule has 0 aliphatic rings. The predicted octanol–water partition coefficient (Wildman–Crippen LogP) is 4.58. The van der Waals surface area contributed by atoms with Crippen LogP contribution in [0.5, 0.6) is 0 Å². The fourth-order valence-corrected chi connectivity index (χ4v) is 3.20. The van der Waals surface area contributed by atoms with E-state index in [-0.39, 0.29) is 11.9 Å². The molecule has 0 heterocycles. The highest BCUT2D eigenvalue weighted by atomic mass is 32.2.